The Kier molecular flexibility index (Phi) is 8.49. The molecule has 0 spiro atoms. The number of hydrogen-bond acceptors (Lipinski definition) is 4. The highest BCUT2D eigenvalue weighted by Crippen LogP contribution is 2.22. The molecule has 2 N–H and O–H groups in total. The molecule has 3 rings (SSSR count). The maximum Gasteiger partial charge on any atom is 0.269 e. The first-order valence-electron chi connectivity index (χ1n) is 8.76. The fraction of sp³-hybridized carbons (Fsp3) is 0.316. The van der Waals surface area contributed by atoms with Crippen molar-refractivity contribution < 1.29 is 4.92 Å². The summed E-state index contributed by atoms with van der Waals surface area (Å²) in [5.41, 5.74) is 2.15. The van der Waals surface area contributed by atoms with E-state index >= 15 is 0 Å². The zero-order valence-electron chi connectivity index (χ0n) is 15.5. The highest BCUT2D eigenvalue weighted by Gasteiger charge is 2.23. The molecule has 1 fully saturated rings. The minimum Gasteiger partial charge on any atom is -0.369 e. The minimum absolute atomic E-state index is 0. The smallest absolute Gasteiger partial charge is 0.269 e. The number of anilines is 1. The first kappa shape index (κ1) is 22.4. The third kappa shape index (κ3) is 6.06. The number of nitro groups is 1. The molecule has 7 nitrogen and oxygen atoms in total. The number of rotatable bonds is 5. The number of aliphatic imine (C=N–C) groups is 1. The van der Waals surface area contributed by atoms with Crippen molar-refractivity contribution in [2.75, 3.05) is 25.0 Å². The molecule has 1 aliphatic rings. The van der Waals surface area contributed by atoms with Crippen molar-refractivity contribution in [2.24, 2.45) is 4.99 Å². The van der Waals surface area contributed by atoms with Crippen LogP contribution >= 0.6 is 39.9 Å². The van der Waals surface area contributed by atoms with Gasteiger partial charge in [0, 0.05) is 55.0 Å². The van der Waals surface area contributed by atoms with Crippen LogP contribution in [-0.2, 0) is 6.54 Å². The van der Waals surface area contributed by atoms with Gasteiger partial charge in [0.15, 0.2) is 5.96 Å². The molecule has 1 saturated heterocycles. The summed E-state index contributed by atoms with van der Waals surface area (Å²) in [4.78, 5) is 17.1. The van der Waals surface area contributed by atoms with E-state index < -0.39 is 0 Å². The number of non-ortho nitro benzene ring substituents is 1. The predicted octanol–water partition coefficient (Wildman–Crippen LogP) is 3.92. The summed E-state index contributed by atoms with van der Waals surface area (Å²) >= 11 is 3.46. The molecule has 1 unspecified atom stereocenters. The van der Waals surface area contributed by atoms with Crippen LogP contribution < -0.4 is 15.5 Å². The Hall–Kier alpha value is -1.88. The first-order valence-corrected chi connectivity index (χ1v) is 9.55. The van der Waals surface area contributed by atoms with E-state index in [0.29, 0.717) is 18.5 Å². The van der Waals surface area contributed by atoms with Gasteiger partial charge in [0.05, 0.1) is 4.92 Å². The van der Waals surface area contributed by atoms with Gasteiger partial charge in [-0.2, -0.15) is 0 Å². The molecule has 0 saturated carbocycles. The van der Waals surface area contributed by atoms with Crippen LogP contribution in [0, 0.1) is 10.1 Å². The average molecular weight is 560 g/mol. The molecule has 2 aromatic carbocycles. The maximum absolute atomic E-state index is 10.9. The summed E-state index contributed by atoms with van der Waals surface area (Å²) in [6.07, 6.45) is 1.02. The summed E-state index contributed by atoms with van der Waals surface area (Å²) in [5, 5.41) is 17.6. The summed E-state index contributed by atoms with van der Waals surface area (Å²) in [6, 6.07) is 15.2. The molecule has 1 aliphatic heterocycles. The molecule has 150 valence electrons. The van der Waals surface area contributed by atoms with E-state index in [-0.39, 0.29) is 34.6 Å². The lowest BCUT2D eigenvalue weighted by Crippen LogP contribution is -2.44. The summed E-state index contributed by atoms with van der Waals surface area (Å²) in [5.74, 6) is 0.698. The van der Waals surface area contributed by atoms with Crippen molar-refractivity contribution in [1.82, 2.24) is 10.6 Å². The number of nitro benzene ring substituents is 1. The number of nitrogens with zero attached hydrogens (tertiary/aromatic N) is 3. The highest BCUT2D eigenvalue weighted by molar-refractivity contribution is 14.0. The Balaban J connectivity index is 0.00000280. The van der Waals surface area contributed by atoms with Gasteiger partial charge in [-0.3, -0.25) is 15.1 Å². The van der Waals surface area contributed by atoms with E-state index in [9.17, 15) is 10.1 Å². The number of guanidine groups is 1. The normalized spacial score (nSPS) is 16.4. The van der Waals surface area contributed by atoms with Crippen LogP contribution in [-0.4, -0.2) is 37.1 Å². The molecule has 0 aromatic heterocycles. The molecule has 0 amide bonds. The van der Waals surface area contributed by atoms with Gasteiger partial charge in [0.1, 0.15) is 0 Å². The topological polar surface area (TPSA) is 82.8 Å². The third-order valence-electron chi connectivity index (χ3n) is 4.53. The molecule has 9 heteroatoms. The van der Waals surface area contributed by atoms with Crippen LogP contribution in [0.2, 0.25) is 0 Å². The number of hydrogen-bond donors (Lipinski definition) is 2. The monoisotopic (exact) mass is 559 g/mol. The quantitative estimate of drug-likeness (QED) is 0.191. The van der Waals surface area contributed by atoms with Crippen molar-refractivity contribution in [2.45, 2.75) is 19.0 Å². The molecular weight excluding hydrogens is 537 g/mol. The van der Waals surface area contributed by atoms with Gasteiger partial charge >= 0.3 is 0 Å². The fourth-order valence-electron chi connectivity index (χ4n) is 3.12. The largest absolute Gasteiger partial charge is 0.369 e. The average Bonchev–Trinajstić information content (AvgIpc) is 3.14. The second-order valence-corrected chi connectivity index (χ2v) is 7.32. The number of halogens is 2. The fourth-order valence-corrected chi connectivity index (χ4v) is 3.38. The van der Waals surface area contributed by atoms with E-state index in [1.54, 1.807) is 19.2 Å². The Morgan fingerprint density at radius 1 is 1.32 bits per heavy atom. The molecule has 28 heavy (non-hydrogen) atoms. The lowest BCUT2D eigenvalue weighted by atomic mass is 10.2. The Bertz CT molecular complexity index is 831. The lowest BCUT2D eigenvalue weighted by molar-refractivity contribution is -0.384. The van der Waals surface area contributed by atoms with Crippen molar-refractivity contribution in [3.8, 4) is 0 Å². The molecule has 0 aliphatic carbocycles. The van der Waals surface area contributed by atoms with Crippen LogP contribution in [0.5, 0.6) is 0 Å². The second kappa shape index (κ2) is 10.6. The van der Waals surface area contributed by atoms with Crippen molar-refractivity contribution in [3.63, 3.8) is 0 Å². The van der Waals surface area contributed by atoms with Gasteiger partial charge in [0.25, 0.3) is 5.69 Å². The zero-order valence-corrected chi connectivity index (χ0v) is 19.4. The van der Waals surface area contributed by atoms with Gasteiger partial charge in [0.2, 0.25) is 0 Å². The van der Waals surface area contributed by atoms with E-state index in [2.05, 4.69) is 60.7 Å². The van der Waals surface area contributed by atoms with E-state index in [1.165, 1.54) is 11.8 Å². The van der Waals surface area contributed by atoms with Crippen LogP contribution in [0.25, 0.3) is 0 Å². The van der Waals surface area contributed by atoms with Crippen LogP contribution in [0.3, 0.4) is 0 Å². The zero-order chi connectivity index (χ0) is 19.2. The Morgan fingerprint density at radius 2 is 2.07 bits per heavy atom. The second-order valence-electron chi connectivity index (χ2n) is 6.41. The first-order chi connectivity index (χ1) is 13.0. The van der Waals surface area contributed by atoms with Crippen LogP contribution in [0.15, 0.2) is 58.0 Å². The standard InChI is InChI=1S/C19H22BrN5O2.HI/c1-21-19(22-12-14-3-2-4-18(11-14)25(26)27)23-16-9-10-24(13-16)17-7-5-15(20)6-8-17;/h2-8,11,16H,9-10,12-13H2,1H3,(H2,21,22,23);1H. The van der Waals surface area contributed by atoms with Gasteiger partial charge < -0.3 is 15.5 Å². The molecule has 1 atom stereocenters. The SMILES string of the molecule is CN=C(NCc1cccc([N+](=O)[O-])c1)NC1CCN(c2ccc(Br)cc2)C1.I. The molecular formula is C19H23BrIN5O2. The van der Waals surface area contributed by atoms with E-state index in [0.717, 1.165) is 29.5 Å². The van der Waals surface area contributed by atoms with Crippen LogP contribution in [0.1, 0.15) is 12.0 Å². The summed E-state index contributed by atoms with van der Waals surface area (Å²) in [7, 11) is 1.73. The summed E-state index contributed by atoms with van der Waals surface area (Å²) in [6.45, 7) is 2.37. The number of benzene rings is 2. The lowest BCUT2D eigenvalue weighted by Gasteiger charge is -2.20. The van der Waals surface area contributed by atoms with E-state index in [4.69, 9.17) is 0 Å². The highest BCUT2D eigenvalue weighted by atomic mass is 127. The minimum atomic E-state index is -0.383. The van der Waals surface area contributed by atoms with Gasteiger partial charge in [-0.25, -0.2) is 0 Å². The molecule has 2 aromatic rings. The van der Waals surface area contributed by atoms with Crippen molar-refractivity contribution in [3.05, 3.63) is 68.7 Å². The Labute approximate surface area is 189 Å². The Morgan fingerprint density at radius 3 is 2.75 bits per heavy atom. The molecule has 1 heterocycles. The van der Waals surface area contributed by atoms with E-state index in [1.807, 2.05) is 6.07 Å². The van der Waals surface area contributed by atoms with Crippen molar-refractivity contribution >= 4 is 57.2 Å². The number of nitrogens with one attached hydrogen (secondary N) is 2. The summed E-state index contributed by atoms with van der Waals surface area (Å²) < 4.78 is 1.07. The van der Waals surface area contributed by atoms with Gasteiger partial charge in [-0.1, -0.05) is 28.1 Å². The van der Waals surface area contributed by atoms with Crippen LogP contribution in [0.4, 0.5) is 11.4 Å². The van der Waals surface area contributed by atoms with Gasteiger partial charge in [-0.15, -0.1) is 24.0 Å². The predicted molar refractivity (Wildman–Crippen MR) is 127 cm³/mol. The molecule has 0 radical (unpaired) electrons. The van der Waals surface area contributed by atoms with Gasteiger partial charge in [-0.05, 0) is 36.2 Å². The molecule has 0 bridgehead atoms. The van der Waals surface area contributed by atoms with Crippen molar-refractivity contribution in [1.29, 1.82) is 0 Å². The third-order valence-corrected chi connectivity index (χ3v) is 5.05. The maximum atomic E-state index is 10.9.